The normalized spacial score (nSPS) is 11.3. The molecule has 0 aliphatic carbocycles. The van der Waals surface area contributed by atoms with Crippen LogP contribution in [0.15, 0.2) is 18.2 Å². The largest absolute Gasteiger partial charge is 0.545 e. The first-order chi connectivity index (χ1) is 6.79. The van der Waals surface area contributed by atoms with E-state index < -0.39 is 15.4 Å². The molecule has 1 aromatic rings. The van der Waals surface area contributed by atoms with Gasteiger partial charge in [0, 0.05) is 5.46 Å². The first kappa shape index (κ1) is 12.3. The number of benzene rings is 1. The minimum Gasteiger partial charge on any atom is -0.545 e. The Morgan fingerprint density at radius 1 is 1.20 bits per heavy atom. The minimum atomic E-state index is -1.71. The highest BCUT2D eigenvalue weighted by molar-refractivity contribution is 6.71. The molecule has 0 aliphatic heterocycles. The second-order valence-electron chi connectivity index (χ2n) is 4.63. The quantitative estimate of drug-likeness (QED) is 0.749. The lowest BCUT2D eigenvalue weighted by molar-refractivity contribution is 0.423. The van der Waals surface area contributed by atoms with Gasteiger partial charge in [-0.05, 0) is 32.6 Å². The predicted octanol–water partition coefficient (Wildman–Crippen LogP) is 0.889. The summed E-state index contributed by atoms with van der Waals surface area (Å²) in [5.41, 5.74) is 1.43. The maximum atomic E-state index is 9.22. The van der Waals surface area contributed by atoms with Crippen LogP contribution in [-0.4, -0.2) is 25.5 Å². The summed E-state index contributed by atoms with van der Waals surface area (Å²) in [5.74, 6) is 0.578. The average molecular weight is 224 g/mol. The molecule has 0 heterocycles. The summed E-state index contributed by atoms with van der Waals surface area (Å²) in [5, 5.41) is 18.4. The van der Waals surface area contributed by atoms with Crippen molar-refractivity contribution in [2.24, 2.45) is 0 Å². The molecular formula is C10H17BO3Si. The van der Waals surface area contributed by atoms with Gasteiger partial charge in [-0.15, -0.1) is 0 Å². The molecule has 0 bridgehead atoms. The molecule has 15 heavy (non-hydrogen) atoms. The van der Waals surface area contributed by atoms with Gasteiger partial charge in [0.1, 0.15) is 5.75 Å². The fourth-order valence-electron chi connectivity index (χ4n) is 1.29. The highest BCUT2D eigenvalue weighted by Crippen LogP contribution is 2.15. The van der Waals surface area contributed by atoms with Crippen LogP contribution in [0.1, 0.15) is 5.56 Å². The van der Waals surface area contributed by atoms with E-state index in [4.69, 9.17) is 4.43 Å². The molecule has 2 N–H and O–H groups in total. The summed E-state index contributed by atoms with van der Waals surface area (Å²) in [6.45, 7) is 8.07. The zero-order valence-corrected chi connectivity index (χ0v) is 10.6. The lowest BCUT2D eigenvalue weighted by Gasteiger charge is -2.21. The second kappa shape index (κ2) is 4.39. The molecule has 1 aromatic carbocycles. The summed E-state index contributed by atoms with van der Waals surface area (Å²) in [7, 11) is -3.19. The van der Waals surface area contributed by atoms with Gasteiger partial charge in [0.15, 0.2) is 0 Å². The molecular weight excluding hydrogens is 207 g/mol. The molecule has 3 nitrogen and oxygen atoms in total. The van der Waals surface area contributed by atoms with Gasteiger partial charge in [-0.25, -0.2) is 0 Å². The van der Waals surface area contributed by atoms with Crippen LogP contribution < -0.4 is 9.89 Å². The highest BCUT2D eigenvalue weighted by Gasteiger charge is 2.22. The molecule has 0 saturated carbocycles. The Labute approximate surface area is 92.0 Å². The lowest BCUT2D eigenvalue weighted by Crippen LogP contribution is -2.37. The van der Waals surface area contributed by atoms with Crippen molar-refractivity contribution >= 4 is 20.9 Å². The van der Waals surface area contributed by atoms with E-state index in [1.807, 2.05) is 13.0 Å². The number of aryl methyl sites for hydroxylation is 1. The molecule has 0 amide bonds. The van der Waals surface area contributed by atoms with E-state index in [0.717, 1.165) is 5.56 Å². The Kier molecular flexibility index (Phi) is 3.59. The predicted molar refractivity (Wildman–Crippen MR) is 65.0 cm³/mol. The second-order valence-corrected chi connectivity index (χ2v) is 9.06. The SMILES string of the molecule is Cc1ccc(O[Si](C)(C)C)c(B(O)O)c1. The van der Waals surface area contributed by atoms with Crippen LogP contribution >= 0.6 is 0 Å². The van der Waals surface area contributed by atoms with Gasteiger partial charge in [0.2, 0.25) is 8.32 Å². The van der Waals surface area contributed by atoms with Gasteiger partial charge < -0.3 is 14.5 Å². The van der Waals surface area contributed by atoms with Gasteiger partial charge in [0.05, 0.1) is 0 Å². The zero-order chi connectivity index (χ0) is 11.6. The first-order valence-corrected chi connectivity index (χ1v) is 8.36. The van der Waals surface area contributed by atoms with E-state index in [0.29, 0.717) is 11.2 Å². The maximum absolute atomic E-state index is 9.22. The standard InChI is InChI=1S/C10H17BO3Si/c1-8-5-6-10(14-15(2,3)4)9(7-8)11(12)13/h5-7,12-13H,1-4H3. The third kappa shape index (κ3) is 3.70. The van der Waals surface area contributed by atoms with Crippen LogP contribution in [0.25, 0.3) is 0 Å². The minimum absolute atomic E-state index is 0.442. The van der Waals surface area contributed by atoms with Crippen molar-refractivity contribution in [1.29, 1.82) is 0 Å². The maximum Gasteiger partial charge on any atom is 0.492 e. The number of hydrogen-bond donors (Lipinski definition) is 2. The van der Waals surface area contributed by atoms with Crippen LogP contribution in [0.3, 0.4) is 0 Å². The lowest BCUT2D eigenvalue weighted by atomic mass is 9.79. The molecule has 5 heteroatoms. The molecule has 0 aliphatic rings. The van der Waals surface area contributed by atoms with Crippen molar-refractivity contribution in [1.82, 2.24) is 0 Å². The molecule has 1 rings (SSSR count). The summed E-state index contributed by atoms with van der Waals surface area (Å²) in [6, 6.07) is 5.43. The van der Waals surface area contributed by atoms with Gasteiger partial charge >= 0.3 is 7.12 Å². The van der Waals surface area contributed by atoms with Gasteiger partial charge in [-0.2, -0.15) is 0 Å². The Hall–Kier alpha value is -0.778. The summed E-state index contributed by atoms with van der Waals surface area (Å²) >= 11 is 0. The summed E-state index contributed by atoms with van der Waals surface area (Å²) in [4.78, 5) is 0. The average Bonchev–Trinajstić information content (AvgIpc) is 2.05. The molecule has 0 radical (unpaired) electrons. The van der Waals surface area contributed by atoms with Gasteiger partial charge in [0.25, 0.3) is 0 Å². The number of hydrogen-bond acceptors (Lipinski definition) is 3. The van der Waals surface area contributed by atoms with Crippen molar-refractivity contribution in [3.8, 4) is 5.75 Å². The summed E-state index contributed by atoms with van der Waals surface area (Å²) < 4.78 is 5.77. The van der Waals surface area contributed by atoms with Crippen LogP contribution in [0.2, 0.25) is 19.6 Å². The zero-order valence-electron chi connectivity index (χ0n) is 9.61. The van der Waals surface area contributed by atoms with Crippen LogP contribution in [0.5, 0.6) is 5.75 Å². The van der Waals surface area contributed by atoms with E-state index >= 15 is 0 Å². The van der Waals surface area contributed by atoms with Gasteiger partial charge in [-0.3, -0.25) is 0 Å². The topological polar surface area (TPSA) is 49.7 Å². The van der Waals surface area contributed by atoms with Gasteiger partial charge in [-0.1, -0.05) is 17.7 Å². The van der Waals surface area contributed by atoms with E-state index in [1.54, 1.807) is 12.1 Å². The Morgan fingerprint density at radius 3 is 2.27 bits per heavy atom. The van der Waals surface area contributed by atoms with Crippen molar-refractivity contribution in [2.75, 3.05) is 0 Å². The smallest absolute Gasteiger partial charge is 0.492 e. The molecule has 0 unspecified atom stereocenters. The Bertz CT molecular complexity index is 347. The van der Waals surface area contributed by atoms with E-state index in [1.165, 1.54) is 0 Å². The van der Waals surface area contributed by atoms with Crippen molar-refractivity contribution in [3.05, 3.63) is 23.8 Å². The number of rotatable bonds is 3. The fraction of sp³-hybridized carbons (Fsp3) is 0.400. The molecule has 82 valence electrons. The van der Waals surface area contributed by atoms with Crippen LogP contribution in [-0.2, 0) is 0 Å². The third-order valence-electron chi connectivity index (χ3n) is 1.86. The van der Waals surface area contributed by atoms with Crippen molar-refractivity contribution in [3.63, 3.8) is 0 Å². The molecule has 0 spiro atoms. The highest BCUT2D eigenvalue weighted by atomic mass is 28.4. The van der Waals surface area contributed by atoms with Crippen molar-refractivity contribution < 1.29 is 14.5 Å². The van der Waals surface area contributed by atoms with Crippen molar-refractivity contribution in [2.45, 2.75) is 26.6 Å². The fourth-order valence-corrected chi connectivity index (χ4v) is 2.14. The molecule has 0 aromatic heterocycles. The monoisotopic (exact) mass is 224 g/mol. The van der Waals surface area contributed by atoms with Crippen LogP contribution in [0, 0.1) is 6.92 Å². The van der Waals surface area contributed by atoms with Crippen LogP contribution in [0.4, 0.5) is 0 Å². The Morgan fingerprint density at radius 2 is 1.80 bits per heavy atom. The van der Waals surface area contributed by atoms with E-state index in [9.17, 15) is 10.0 Å². The molecule has 0 fully saturated rings. The van der Waals surface area contributed by atoms with E-state index in [-0.39, 0.29) is 0 Å². The first-order valence-electron chi connectivity index (χ1n) is 4.95. The summed E-state index contributed by atoms with van der Waals surface area (Å²) in [6.07, 6.45) is 0. The molecule has 0 saturated heterocycles. The third-order valence-corrected chi connectivity index (χ3v) is 2.69. The molecule has 0 atom stereocenters. The Balaban J connectivity index is 3.06. The van der Waals surface area contributed by atoms with E-state index in [2.05, 4.69) is 19.6 Å².